The van der Waals surface area contributed by atoms with Crippen LogP contribution in [0.2, 0.25) is 0 Å². The van der Waals surface area contributed by atoms with Crippen LogP contribution in [0.3, 0.4) is 0 Å². The highest BCUT2D eigenvalue weighted by Crippen LogP contribution is 2.38. The summed E-state index contributed by atoms with van der Waals surface area (Å²) in [4.78, 5) is 11.3. The van der Waals surface area contributed by atoms with E-state index in [1.54, 1.807) is 0 Å². The third-order valence-corrected chi connectivity index (χ3v) is 5.39. The van der Waals surface area contributed by atoms with Gasteiger partial charge < -0.3 is 9.42 Å². The topological polar surface area (TPSA) is 79.1 Å². The number of rotatable bonds is 6. The second-order valence-electron chi connectivity index (χ2n) is 7.38. The summed E-state index contributed by atoms with van der Waals surface area (Å²) in [6.07, 6.45) is 5.28. The molecule has 0 amide bonds. The van der Waals surface area contributed by atoms with Crippen molar-refractivity contribution < 1.29 is 4.52 Å². The first-order valence-corrected chi connectivity index (χ1v) is 9.14. The highest BCUT2D eigenvalue weighted by molar-refractivity contribution is 5.54. The van der Waals surface area contributed by atoms with Gasteiger partial charge in [0, 0.05) is 37.8 Å². The summed E-state index contributed by atoms with van der Waals surface area (Å²) < 4.78 is 5.36. The number of pyridine rings is 1. The number of hydrogen-bond acceptors (Lipinski definition) is 7. The molecule has 2 aromatic heterocycles. The summed E-state index contributed by atoms with van der Waals surface area (Å²) in [6, 6.07) is 5.02. The van der Waals surface area contributed by atoms with Gasteiger partial charge in [0.15, 0.2) is 5.82 Å². The minimum atomic E-state index is 0.497. The SMILES string of the molecule is CC1NNC(C)C1CCN(C)c1ccc(-c2nc(C3CC3)no2)cn1. The highest BCUT2D eigenvalue weighted by atomic mass is 16.5. The molecule has 3 heterocycles. The molecular weight excluding hydrogens is 316 g/mol. The van der Waals surface area contributed by atoms with Crippen LogP contribution in [-0.2, 0) is 0 Å². The van der Waals surface area contributed by atoms with Crippen molar-refractivity contribution in [1.29, 1.82) is 0 Å². The Balaban J connectivity index is 1.37. The van der Waals surface area contributed by atoms with Crippen LogP contribution in [0, 0.1) is 5.92 Å². The number of anilines is 1. The van der Waals surface area contributed by atoms with E-state index >= 15 is 0 Å². The van der Waals surface area contributed by atoms with E-state index < -0.39 is 0 Å². The van der Waals surface area contributed by atoms with Crippen LogP contribution in [0.4, 0.5) is 5.82 Å². The lowest BCUT2D eigenvalue weighted by molar-refractivity contribution is 0.416. The molecule has 2 fully saturated rings. The van der Waals surface area contributed by atoms with Crippen LogP contribution in [0.25, 0.3) is 11.5 Å². The first kappa shape index (κ1) is 16.5. The fourth-order valence-corrected chi connectivity index (χ4v) is 3.47. The van der Waals surface area contributed by atoms with Crippen molar-refractivity contribution >= 4 is 5.82 Å². The molecule has 0 radical (unpaired) electrons. The summed E-state index contributed by atoms with van der Waals surface area (Å²) >= 11 is 0. The standard InChI is InChI=1S/C18H26N6O/c1-11-15(12(2)22-21-11)8-9-24(3)16-7-6-14(10-19-16)18-20-17(23-25-18)13-4-5-13/h6-7,10-13,15,21-22H,4-5,8-9H2,1-3H3. The van der Waals surface area contributed by atoms with Gasteiger partial charge in [0.25, 0.3) is 5.89 Å². The molecule has 1 saturated carbocycles. The predicted octanol–water partition coefficient (Wildman–Crippen LogP) is 2.34. The lowest BCUT2D eigenvalue weighted by atomic mass is 9.93. The summed E-state index contributed by atoms with van der Waals surface area (Å²) in [5.41, 5.74) is 7.51. The summed E-state index contributed by atoms with van der Waals surface area (Å²) in [7, 11) is 2.09. The van der Waals surface area contributed by atoms with E-state index in [-0.39, 0.29) is 0 Å². The lowest BCUT2D eigenvalue weighted by Crippen LogP contribution is -2.30. The second-order valence-corrected chi connectivity index (χ2v) is 7.38. The molecule has 0 bridgehead atoms. The average molecular weight is 342 g/mol. The van der Waals surface area contributed by atoms with Crippen LogP contribution in [-0.4, -0.2) is 40.8 Å². The van der Waals surface area contributed by atoms with E-state index in [1.165, 1.54) is 12.8 Å². The van der Waals surface area contributed by atoms with Crippen molar-refractivity contribution in [3.63, 3.8) is 0 Å². The number of nitrogens with zero attached hydrogens (tertiary/aromatic N) is 4. The number of hydrazine groups is 1. The number of nitrogens with one attached hydrogen (secondary N) is 2. The molecular formula is C18H26N6O. The van der Waals surface area contributed by atoms with E-state index in [0.29, 0.717) is 29.8 Å². The van der Waals surface area contributed by atoms with Gasteiger partial charge in [0.1, 0.15) is 5.82 Å². The monoisotopic (exact) mass is 342 g/mol. The molecule has 25 heavy (non-hydrogen) atoms. The van der Waals surface area contributed by atoms with Gasteiger partial charge >= 0.3 is 0 Å². The molecule has 2 unspecified atom stereocenters. The zero-order valence-electron chi connectivity index (χ0n) is 15.1. The molecule has 1 aliphatic heterocycles. The zero-order chi connectivity index (χ0) is 17.4. The smallest absolute Gasteiger partial charge is 0.259 e. The lowest BCUT2D eigenvalue weighted by Gasteiger charge is -2.23. The molecule has 4 rings (SSSR count). The summed E-state index contributed by atoms with van der Waals surface area (Å²) in [6.45, 7) is 5.43. The van der Waals surface area contributed by atoms with Crippen molar-refractivity contribution in [2.75, 3.05) is 18.5 Å². The highest BCUT2D eigenvalue weighted by Gasteiger charge is 2.30. The molecule has 1 aliphatic carbocycles. The molecule has 7 nitrogen and oxygen atoms in total. The molecule has 2 atom stereocenters. The van der Waals surface area contributed by atoms with Crippen LogP contribution in [0.15, 0.2) is 22.9 Å². The van der Waals surface area contributed by atoms with Crippen molar-refractivity contribution in [2.24, 2.45) is 5.92 Å². The molecule has 134 valence electrons. The summed E-state index contributed by atoms with van der Waals surface area (Å²) in [5.74, 6) is 3.48. The Morgan fingerprint density at radius 3 is 2.60 bits per heavy atom. The Morgan fingerprint density at radius 2 is 1.96 bits per heavy atom. The Kier molecular flexibility index (Phi) is 4.43. The van der Waals surface area contributed by atoms with Crippen LogP contribution >= 0.6 is 0 Å². The zero-order valence-corrected chi connectivity index (χ0v) is 15.1. The van der Waals surface area contributed by atoms with Gasteiger partial charge in [0.2, 0.25) is 0 Å². The van der Waals surface area contributed by atoms with E-state index in [1.807, 2.05) is 18.3 Å². The first-order valence-electron chi connectivity index (χ1n) is 9.14. The fourth-order valence-electron chi connectivity index (χ4n) is 3.47. The van der Waals surface area contributed by atoms with Gasteiger partial charge in [-0.15, -0.1) is 0 Å². The number of hydrogen-bond donors (Lipinski definition) is 2. The Hall–Kier alpha value is -1.99. The molecule has 2 N–H and O–H groups in total. The maximum absolute atomic E-state index is 5.36. The van der Waals surface area contributed by atoms with E-state index in [0.717, 1.165) is 30.2 Å². The van der Waals surface area contributed by atoms with E-state index in [9.17, 15) is 0 Å². The largest absolute Gasteiger partial charge is 0.360 e. The van der Waals surface area contributed by atoms with Crippen LogP contribution in [0.5, 0.6) is 0 Å². The Labute approximate surface area is 148 Å². The van der Waals surface area contributed by atoms with Gasteiger partial charge in [-0.3, -0.25) is 10.9 Å². The first-order chi connectivity index (χ1) is 12.1. The molecule has 1 saturated heterocycles. The third-order valence-electron chi connectivity index (χ3n) is 5.39. The van der Waals surface area contributed by atoms with E-state index in [2.05, 4.69) is 51.8 Å². The second kappa shape index (κ2) is 6.72. The van der Waals surface area contributed by atoms with Crippen molar-refractivity contribution in [3.05, 3.63) is 24.2 Å². The third kappa shape index (κ3) is 3.52. The van der Waals surface area contributed by atoms with E-state index in [4.69, 9.17) is 4.52 Å². The molecule has 7 heteroatoms. The Morgan fingerprint density at radius 1 is 1.20 bits per heavy atom. The number of aromatic nitrogens is 3. The maximum Gasteiger partial charge on any atom is 0.259 e. The minimum absolute atomic E-state index is 0.497. The van der Waals surface area contributed by atoms with Gasteiger partial charge in [-0.2, -0.15) is 4.98 Å². The van der Waals surface area contributed by atoms with Gasteiger partial charge in [0.05, 0.1) is 5.56 Å². The predicted molar refractivity (Wildman–Crippen MR) is 96.1 cm³/mol. The molecule has 2 aromatic rings. The Bertz CT molecular complexity index is 701. The maximum atomic E-state index is 5.36. The van der Waals surface area contributed by atoms with Crippen LogP contribution < -0.4 is 15.8 Å². The quantitative estimate of drug-likeness (QED) is 0.834. The minimum Gasteiger partial charge on any atom is -0.360 e. The fraction of sp³-hybridized carbons (Fsp3) is 0.611. The van der Waals surface area contributed by atoms with Crippen molar-refractivity contribution in [1.82, 2.24) is 26.0 Å². The summed E-state index contributed by atoms with van der Waals surface area (Å²) in [5, 5.41) is 4.06. The molecule has 2 aliphatic rings. The average Bonchev–Trinajstić information content (AvgIpc) is 3.27. The van der Waals surface area contributed by atoms with Crippen LogP contribution in [0.1, 0.15) is 44.9 Å². The molecule has 0 aromatic carbocycles. The normalized spacial score (nSPS) is 26.1. The van der Waals surface area contributed by atoms with Gasteiger partial charge in [-0.25, -0.2) is 4.98 Å². The molecule has 0 spiro atoms. The van der Waals surface area contributed by atoms with Gasteiger partial charge in [-0.1, -0.05) is 5.16 Å². The van der Waals surface area contributed by atoms with Gasteiger partial charge in [-0.05, 0) is 51.2 Å². The van der Waals surface area contributed by atoms with Crippen molar-refractivity contribution in [3.8, 4) is 11.5 Å². The van der Waals surface area contributed by atoms with Crippen molar-refractivity contribution in [2.45, 2.75) is 51.1 Å².